The van der Waals surface area contributed by atoms with Gasteiger partial charge in [-0.15, -0.1) is 24.0 Å². The Morgan fingerprint density at radius 2 is 2.08 bits per heavy atom. The molecule has 6 heteroatoms. The summed E-state index contributed by atoms with van der Waals surface area (Å²) in [7, 11) is 3.26. The summed E-state index contributed by atoms with van der Waals surface area (Å²) in [6, 6.07) is 5.55. The lowest BCUT2D eigenvalue weighted by Crippen LogP contribution is -2.23. The second-order valence-electron chi connectivity index (χ2n) is 6.38. The molecule has 0 bridgehead atoms. The van der Waals surface area contributed by atoms with Gasteiger partial charge < -0.3 is 20.5 Å². The number of aliphatic imine (C=N–C) groups is 1. The number of nitrogens with one attached hydrogen (secondary N) is 1. The van der Waals surface area contributed by atoms with E-state index < -0.39 is 0 Å². The van der Waals surface area contributed by atoms with Crippen molar-refractivity contribution >= 4 is 35.6 Å². The number of benzene rings is 1. The highest BCUT2D eigenvalue weighted by Gasteiger charge is 2.18. The van der Waals surface area contributed by atoms with Gasteiger partial charge in [0.05, 0.1) is 19.9 Å². The van der Waals surface area contributed by atoms with Gasteiger partial charge in [0.15, 0.2) is 5.96 Å². The van der Waals surface area contributed by atoms with Crippen LogP contribution < -0.4 is 20.5 Å². The first-order valence-electron chi connectivity index (χ1n) is 8.41. The molecule has 1 aliphatic rings. The zero-order valence-corrected chi connectivity index (χ0v) is 17.2. The molecule has 0 aliphatic heterocycles. The second kappa shape index (κ2) is 10.6. The molecule has 0 aromatic heterocycles. The Hall–Kier alpha value is -1.18. The van der Waals surface area contributed by atoms with E-state index in [0.717, 1.165) is 36.2 Å². The van der Waals surface area contributed by atoms with E-state index in [1.54, 1.807) is 14.2 Å². The van der Waals surface area contributed by atoms with Crippen molar-refractivity contribution in [2.24, 2.45) is 22.6 Å². The molecule has 1 aromatic rings. The van der Waals surface area contributed by atoms with Gasteiger partial charge in [0.25, 0.3) is 0 Å². The van der Waals surface area contributed by atoms with Crippen molar-refractivity contribution in [1.29, 1.82) is 0 Å². The van der Waals surface area contributed by atoms with Crippen molar-refractivity contribution in [2.45, 2.75) is 39.0 Å². The Bertz CT molecular complexity index is 537. The van der Waals surface area contributed by atoms with Crippen LogP contribution in [0.2, 0.25) is 0 Å². The zero-order valence-electron chi connectivity index (χ0n) is 14.9. The third-order valence-corrected chi connectivity index (χ3v) is 4.53. The zero-order chi connectivity index (χ0) is 16.7. The molecule has 0 spiro atoms. The van der Waals surface area contributed by atoms with Gasteiger partial charge in [-0.05, 0) is 36.8 Å². The molecule has 2 atom stereocenters. The third-order valence-electron chi connectivity index (χ3n) is 4.53. The quantitative estimate of drug-likeness (QED) is 0.389. The standard InChI is InChI=1S/C18H29N3O2.HI/c1-13-5-4-6-14(11-13)9-10-20-18(19)21-16-12-15(22-2)7-8-17(16)23-3;/h7-8,12-14H,4-6,9-11H2,1-3H3,(H3,19,20,21);1H. The van der Waals surface area contributed by atoms with E-state index in [1.807, 2.05) is 18.2 Å². The van der Waals surface area contributed by atoms with E-state index in [9.17, 15) is 0 Å². The first-order valence-corrected chi connectivity index (χ1v) is 8.41. The number of hydrogen-bond donors (Lipinski definition) is 2. The number of nitrogens with two attached hydrogens (primary N) is 1. The minimum atomic E-state index is 0. The number of methoxy groups -OCH3 is 2. The van der Waals surface area contributed by atoms with Crippen molar-refractivity contribution in [3.05, 3.63) is 18.2 Å². The van der Waals surface area contributed by atoms with Crippen LogP contribution in [0.5, 0.6) is 11.5 Å². The normalized spacial score (nSPS) is 20.9. The molecule has 0 radical (unpaired) electrons. The molecule has 1 aliphatic carbocycles. The highest BCUT2D eigenvalue weighted by Crippen LogP contribution is 2.31. The number of anilines is 1. The predicted molar refractivity (Wildman–Crippen MR) is 111 cm³/mol. The minimum absolute atomic E-state index is 0. The summed E-state index contributed by atoms with van der Waals surface area (Å²) in [4.78, 5) is 4.46. The minimum Gasteiger partial charge on any atom is -0.497 e. The Morgan fingerprint density at radius 3 is 2.75 bits per heavy atom. The van der Waals surface area contributed by atoms with Gasteiger partial charge in [-0.25, -0.2) is 0 Å². The summed E-state index contributed by atoms with van der Waals surface area (Å²) in [5, 5.41) is 3.11. The fourth-order valence-corrected chi connectivity index (χ4v) is 3.28. The van der Waals surface area contributed by atoms with E-state index in [4.69, 9.17) is 15.2 Å². The number of hydrogen-bond acceptors (Lipinski definition) is 3. The summed E-state index contributed by atoms with van der Waals surface area (Å²) < 4.78 is 10.6. The Labute approximate surface area is 162 Å². The van der Waals surface area contributed by atoms with Gasteiger partial charge in [-0.2, -0.15) is 0 Å². The molecule has 5 nitrogen and oxygen atoms in total. The SMILES string of the molecule is COc1ccc(OC)c(NC(N)=NCCC2CCCC(C)C2)c1.I. The van der Waals surface area contributed by atoms with Gasteiger partial charge in [-0.3, -0.25) is 4.99 Å². The average Bonchev–Trinajstić information content (AvgIpc) is 2.55. The van der Waals surface area contributed by atoms with Gasteiger partial charge in [0.1, 0.15) is 11.5 Å². The molecule has 2 unspecified atom stereocenters. The van der Waals surface area contributed by atoms with Crippen molar-refractivity contribution in [2.75, 3.05) is 26.1 Å². The summed E-state index contributed by atoms with van der Waals surface area (Å²) in [6.45, 7) is 3.11. The number of halogens is 1. The molecular formula is C18H30IN3O2. The predicted octanol–water partition coefficient (Wildman–Crippen LogP) is 4.26. The maximum absolute atomic E-state index is 6.01. The fourth-order valence-electron chi connectivity index (χ4n) is 3.28. The van der Waals surface area contributed by atoms with Crippen LogP contribution >= 0.6 is 24.0 Å². The lowest BCUT2D eigenvalue weighted by Gasteiger charge is -2.26. The maximum Gasteiger partial charge on any atom is 0.193 e. The Kier molecular flexibility index (Phi) is 9.25. The smallest absolute Gasteiger partial charge is 0.193 e. The van der Waals surface area contributed by atoms with Crippen LogP contribution in [0.1, 0.15) is 39.0 Å². The fraction of sp³-hybridized carbons (Fsp3) is 0.611. The van der Waals surface area contributed by atoms with E-state index in [1.165, 1.54) is 25.7 Å². The molecule has 3 N–H and O–H groups in total. The van der Waals surface area contributed by atoms with Gasteiger partial charge in [0.2, 0.25) is 0 Å². The van der Waals surface area contributed by atoms with Crippen LogP contribution in [0, 0.1) is 11.8 Å². The third kappa shape index (κ3) is 6.37. The molecular weight excluding hydrogens is 417 g/mol. The van der Waals surface area contributed by atoms with E-state index >= 15 is 0 Å². The first kappa shape index (κ1) is 20.9. The number of rotatable bonds is 6. The van der Waals surface area contributed by atoms with Crippen LogP contribution in [-0.2, 0) is 0 Å². The highest BCUT2D eigenvalue weighted by atomic mass is 127. The van der Waals surface area contributed by atoms with Crippen molar-refractivity contribution < 1.29 is 9.47 Å². The van der Waals surface area contributed by atoms with Crippen LogP contribution in [-0.4, -0.2) is 26.7 Å². The number of ether oxygens (including phenoxy) is 2. The van der Waals surface area contributed by atoms with Crippen molar-refractivity contribution in [3.63, 3.8) is 0 Å². The molecule has 136 valence electrons. The lowest BCUT2D eigenvalue weighted by molar-refractivity contribution is 0.273. The monoisotopic (exact) mass is 447 g/mol. The maximum atomic E-state index is 6.01. The highest BCUT2D eigenvalue weighted by molar-refractivity contribution is 14.0. The van der Waals surface area contributed by atoms with Crippen LogP contribution in [0.4, 0.5) is 5.69 Å². The van der Waals surface area contributed by atoms with Crippen molar-refractivity contribution in [1.82, 2.24) is 0 Å². The topological polar surface area (TPSA) is 68.9 Å². The molecule has 0 amide bonds. The van der Waals surface area contributed by atoms with Crippen molar-refractivity contribution in [3.8, 4) is 11.5 Å². The molecule has 0 heterocycles. The number of guanidine groups is 1. The molecule has 2 rings (SSSR count). The summed E-state index contributed by atoms with van der Waals surface area (Å²) in [6.07, 6.45) is 6.49. The summed E-state index contributed by atoms with van der Waals surface area (Å²) in [5.41, 5.74) is 6.77. The largest absolute Gasteiger partial charge is 0.497 e. The molecule has 0 saturated heterocycles. The van der Waals surface area contributed by atoms with E-state index in [-0.39, 0.29) is 24.0 Å². The van der Waals surface area contributed by atoms with Gasteiger partial charge in [0, 0.05) is 12.6 Å². The molecule has 1 fully saturated rings. The first-order chi connectivity index (χ1) is 11.1. The molecule has 1 aromatic carbocycles. The summed E-state index contributed by atoms with van der Waals surface area (Å²) >= 11 is 0. The number of nitrogens with zero attached hydrogens (tertiary/aromatic N) is 1. The van der Waals surface area contributed by atoms with E-state index in [0.29, 0.717) is 11.7 Å². The van der Waals surface area contributed by atoms with Gasteiger partial charge in [-0.1, -0.05) is 26.2 Å². The Balaban J connectivity index is 0.00000288. The Morgan fingerprint density at radius 1 is 1.29 bits per heavy atom. The van der Waals surface area contributed by atoms with Crippen LogP contribution in [0.25, 0.3) is 0 Å². The molecule has 24 heavy (non-hydrogen) atoms. The second-order valence-corrected chi connectivity index (χ2v) is 6.38. The molecule has 1 saturated carbocycles. The van der Waals surface area contributed by atoms with E-state index in [2.05, 4.69) is 17.2 Å². The van der Waals surface area contributed by atoms with Gasteiger partial charge >= 0.3 is 0 Å². The van der Waals surface area contributed by atoms with Crippen LogP contribution in [0.3, 0.4) is 0 Å². The van der Waals surface area contributed by atoms with Crippen LogP contribution in [0.15, 0.2) is 23.2 Å². The summed E-state index contributed by atoms with van der Waals surface area (Å²) in [5.74, 6) is 3.53. The average molecular weight is 447 g/mol. The lowest BCUT2D eigenvalue weighted by atomic mass is 9.81.